The van der Waals surface area contributed by atoms with E-state index in [9.17, 15) is 4.79 Å². The van der Waals surface area contributed by atoms with E-state index >= 15 is 0 Å². The monoisotopic (exact) mass is 376 g/mol. The molecule has 1 amide bonds. The number of carbonyl (C=O) groups excluding carboxylic acids is 1. The van der Waals surface area contributed by atoms with Crippen LogP contribution in [0.1, 0.15) is 12.5 Å². The molecule has 0 N–H and O–H groups in total. The predicted molar refractivity (Wildman–Crippen MR) is 109 cm³/mol. The van der Waals surface area contributed by atoms with Crippen molar-refractivity contribution in [1.82, 2.24) is 0 Å². The molecule has 0 atom stereocenters. The fourth-order valence-corrected chi connectivity index (χ4v) is 3.00. The van der Waals surface area contributed by atoms with Gasteiger partial charge in [0.15, 0.2) is 17.2 Å². The first-order valence-corrected chi connectivity index (χ1v) is 8.94. The molecule has 0 aliphatic rings. The number of para-hydroxylation sites is 4. The van der Waals surface area contributed by atoms with E-state index in [0.717, 1.165) is 5.56 Å². The number of amides is 1. The van der Waals surface area contributed by atoms with Gasteiger partial charge in [0.1, 0.15) is 5.75 Å². The molecule has 0 saturated carbocycles. The number of rotatable bonds is 7. The summed E-state index contributed by atoms with van der Waals surface area (Å²) in [7, 11) is 3.18. The second-order valence-electron chi connectivity index (χ2n) is 6.14. The van der Waals surface area contributed by atoms with E-state index in [1.807, 2.05) is 72.8 Å². The Morgan fingerprint density at radius 3 is 2.18 bits per heavy atom. The van der Waals surface area contributed by atoms with Gasteiger partial charge in [0.2, 0.25) is 5.91 Å². The molecule has 144 valence electrons. The van der Waals surface area contributed by atoms with Crippen LogP contribution in [0.15, 0.2) is 72.8 Å². The highest BCUT2D eigenvalue weighted by Gasteiger charge is 2.20. The summed E-state index contributed by atoms with van der Waals surface area (Å²) in [6, 6.07) is 22.6. The zero-order chi connectivity index (χ0) is 19.9. The summed E-state index contributed by atoms with van der Waals surface area (Å²) in [5.74, 6) is 2.44. The first-order chi connectivity index (χ1) is 13.6. The van der Waals surface area contributed by atoms with Crippen LogP contribution in [0.5, 0.6) is 23.0 Å². The molecule has 3 aromatic carbocycles. The van der Waals surface area contributed by atoms with Crippen LogP contribution in [0.25, 0.3) is 0 Å². The maximum Gasteiger partial charge on any atom is 0.224 e. The summed E-state index contributed by atoms with van der Waals surface area (Å²) in [6.07, 6.45) is 0. The van der Waals surface area contributed by atoms with E-state index in [-0.39, 0.29) is 5.91 Å². The summed E-state index contributed by atoms with van der Waals surface area (Å²) >= 11 is 0. The normalized spacial score (nSPS) is 10.2. The van der Waals surface area contributed by atoms with Gasteiger partial charge < -0.3 is 19.1 Å². The summed E-state index contributed by atoms with van der Waals surface area (Å²) in [4.78, 5) is 14.2. The van der Waals surface area contributed by atoms with Crippen LogP contribution in [0.2, 0.25) is 0 Å². The van der Waals surface area contributed by atoms with Crippen molar-refractivity contribution in [2.24, 2.45) is 0 Å². The quantitative estimate of drug-likeness (QED) is 0.579. The van der Waals surface area contributed by atoms with Crippen LogP contribution < -0.4 is 19.1 Å². The van der Waals surface area contributed by atoms with Crippen molar-refractivity contribution >= 4 is 11.6 Å². The number of methoxy groups -OCH3 is 2. The predicted octanol–water partition coefficient (Wildman–Crippen LogP) is 5.05. The van der Waals surface area contributed by atoms with Crippen LogP contribution in [0.3, 0.4) is 0 Å². The lowest BCUT2D eigenvalue weighted by molar-refractivity contribution is -0.116. The summed E-state index contributed by atoms with van der Waals surface area (Å²) in [6.45, 7) is 1.86. The first-order valence-electron chi connectivity index (χ1n) is 8.94. The SMILES string of the molecule is COc1cccc(CN(c2ccccc2Oc2ccccc2)[11C](C)=O)c1OC. The minimum atomic E-state index is -0.103. The number of nitrogens with zero attached hydrogens (tertiary/aromatic N) is 1. The number of benzene rings is 3. The summed E-state index contributed by atoms with van der Waals surface area (Å²) in [5.41, 5.74) is 1.52. The van der Waals surface area contributed by atoms with Crippen molar-refractivity contribution < 1.29 is 19.0 Å². The lowest BCUT2D eigenvalue weighted by Gasteiger charge is -2.25. The highest BCUT2D eigenvalue weighted by Crippen LogP contribution is 2.36. The van der Waals surface area contributed by atoms with E-state index in [1.165, 1.54) is 6.92 Å². The van der Waals surface area contributed by atoms with Gasteiger partial charge >= 0.3 is 0 Å². The van der Waals surface area contributed by atoms with Gasteiger partial charge in [-0.25, -0.2) is 0 Å². The molecule has 5 nitrogen and oxygen atoms in total. The van der Waals surface area contributed by atoms with Crippen LogP contribution >= 0.6 is 0 Å². The topological polar surface area (TPSA) is 48.0 Å². The molecule has 0 heterocycles. The second-order valence-corrected chi connectivity index (χ2v) is 6.14. The van der Waals surface area contributed by atoms with Crippen molar-refractivity contribution in [2.75, 3.05) is 19.1 Å². The highest BCUT2D eigenvalue weighted by atomic mass is 16.5. The lowest BCUT2D eigenvalue weighted by Crippen LogP contribution is -2.28. The number of ether oxygens (including phenoxy) is 3. The first kappa shape index (κ1) is 19.3. The number of hydrogen-bond acceptors (Lipinski definition) is 4. The number of carbonyl (C=O) groups is 1. The zero-order valence-corrected chi connectivity index (χ0v) is 16.2. The molecule has 0 fully saturated rings. The van der Waals surface area contributed by atoms with Gasteiger partial charge in [0.05, 0.1) is 26.5 Å². The van der Waals surface area contributed by atoms with Crippen LogP contribution in [-0.4, -0.2) is 20.1 Å². The van der Waals surface area contributed by atoms with Crippen LogP contribution in [0, 0.1) is 0 Å². The van der Waals surface area contributed by atoms with Gasteiger partial charge in [-0.3, -0.25) is 4.79 Å². The van der Waals surface area contributed by atoms with Crippen molar-refractivity contribution in [3.8, 4) is 23.0 Å². The second kappa shape index (κ2) is 8.95. The summed E-state index contributed by atoms with van der Waals surface area (Å²) in [5, 5.41) is 0. The van der Waals surface area contributed by atoms with Crippen molar-refractivity contribution in [1.29, 1.82) is 0 Å². The third-order valence-corrected chi connectivity index (χ3v) is 4.32. The van der Waals surface area contributed by atoms with E-state index in [1.54, 1.807) is 19.1 Å². The number of hydrogen-bond donors (Lipinski definition) is 0. The molecule has 0 aliphatic heterocycles. The Morgan fingerprint density at radius 1 is 0.821 bits per heavy atom. The molecule has 0 radical (unpaired) electrons. The Labute approximate surface area is 165 Å². The molecule has 3 rings (SSSR count). The van der Waals surface area contributed by atoms with Crippen molar-refractivity contribution in [2.45, 2.75) is 13.5 Å². The molecule has 0 bridgehead atoms. The van der Waals surface area contributed by atoms with Gasteiger partial charge in [-0.15, -0.1) is 0 Å². The van der Waals surface area contributed by atoms with Gasteiger partial charge in [0, 0.05) is 12.5 Å². The molecule has 0 aliphatic carbocycles. The fourth-order valence-electron chi connectivity index (χ4n) is 3.00. The summed E-state index contributed by atoms with van der Waals surface area (Å²) < 4.78 is 16.9. The molecule has 0 aromatic heterocycles. The van der Waals surface area contributed by atoms with Crippen molar-refractivity contribution in [3.05, 3.63) is 78.4 Å². The maximum absolute atomic E-state index is 12.5. The third kappa shape index (κ3) is 4.26. The standard InChI is InChI=1S/C23H23NO4/c1-17(25)24(16-18-10-9-15-22(26-2)23(18)27-3)20-13-7-8-14-21(20)28-19-11-5-4-6-12-19/h4-15H,16H2,1-3H3/i17-1. The highest BCUT2D eigenvalue weighted by molar-refractivity contribution is 5.93. The van der Waals surface area contributed by atoms with E-state index in [0.29, 0.717) is 35.2 Å². The molecule has 0 spiro atoms. The van der Waals surface area contributed by atoms with Crippen molar-refractivity contribution in [3.63, 3.8) is 0 Å². The maximum atomic E-state index is 12.5. The average Bonchev–Trinajstić information content (AvgIpc) is 2.72. The average molecular weight is 376 g/mol. The van der Waals surface area contributed by atoms with E-state index in [4.69, 9.17) is 14.2 Å². The smallest absolute Gasteiger partial charge is 0.224 e. The molecule has 0 saturated heterocycles. The van der Waals surface area contributed by atoms with Gasteiger partial charge in [-0.2, -0.15) is 0 Å². The molecular weight excluding hydrogens is 353 g/mol. The van der Waals surface area contributed by atoms with Gasteiger partial charge in [-0.05, 0) is 30.3 Å². The minimum absolute atomic E-state index is 0.103. The molecule has 28 heavy (non-hydrogen) atoms. The Hall–Kier alpha value is -3.47. The third-order valence-electron chi connectivity index (χ3n) is 4.32. The Morgan fingerprint density at radius 2 is 1.50 bits per heavy atom. The zero-order valence-electron chi connectivity index (χ0n) is 16.2. The Balaban J connectivity index is 1.97. The molecule has 5 heteroatoms. The molecule has 3 aromatic rings. The van der Waals surface area contributed by atoms with E-state index < -0.39 is 0 Å². The Bertz CT molecular complexity index is 940. The minimum Gasteiger partial charge on any atom is -0.493 e. The fraction of sp³-hybridized carbons (Fsp3) is 0.174. The van der Waals surface area contributed by atoms with Crippen LogP contribution in [0.4, 0.5) is 5.69 Å². The lowest BCUT2D eigenvalue weighted by atomic mass is 9.98. The van der Waals surface area contributed by atoms with Gasteiger partial charge in [-0.1, -0.05) is 42.5 Å². The van der Waals surface area contributed by atoms with Gasteiger partial charge in [0.25, 0.3) is 0 Å². The molecule has 0 unspecified atom stereocenters. The largest absolute Gasteiger partial charge is 0.493 e. The molecular formula is C23H23NO4. The Kier molecular flexibility index (Phi) is 6.17. The van der Waals surface area contributed by atoms with Crippen LogP contribution in [-0.2, 0) is 11.3 Å². The number of anilines is 1. The van der Waals surface area contributed by atoms with E-state index in [2.05, 4.69) is 0 Å².